The van der Waals surface area contributed by atoms with Crippen molar-refractivity contribution in [1.82, 2.24) is 5.32 Å². The molecule has 0 aliphatic rings. The molecule has 0 unspecified atom stereocenters. The minimum Gasteiger partial charge on any atom is -0.505 e. The number of hydrogen-bond acceptors (Lipinski definition) is 5. The molecule has 0 bridgehead atoms. The Morgan fingerprint density at radius 1 is 1.14 bits per heavy atom. The highest BCUT2D eigenvalue weighted by Crippen LogP contribution is 2.30. The van der Waals surface area contributed by atoms with Crippen LogP contribution in [-0.2, 0) is 9.53 Å². The maximum Gasteiger partial charge on any atom is 0.414 e. The molecule has 28 heavy (non-hydrogen) atoms. The minimum atomic E-state index is -1.20. The average Bonchev–Trinajstić information content (AvgIpc) is 2.67. The third-order valence-corrected chi connectivity index (χ3v) is 3.81. The van der Waals surface area contributed by atoms with E-state index in [4.69, 9.17) is 9.84 Å². The summed E-state index contributed by atoms with van der Waals surface area (Å²) in [5.41, 5.74) is 0.422. The number of rotatable bonds is 6. The van der Waals surface area contributed by atoms with Gasteiger partial charge in [0.1, 0.15) is 6.10 Å². The second-order valence-electron chi connectivity index (χ2n) is 5.91. The van der Waals surface area contributed by atoms with Gasteiger partial charge in [-0.1, -0.05) is 37.3 Å². The summed E-state index contributed by atoms with van der Waals surface area (Å²) in [6.45, 7) is 1.56. The molecule has 2 rings (SSSR count). The number of alkyl carbamates (subject to hydrolysis) is 1. The van der Waals surface area contributed by atoms with Crippen LogP contribution < -0.4 is 5.32 Å². The molecule has 0 saturated heterocycles. The standard InChI is InChI=1S/C20H18FNO6/c1-12(7-10-17(24)25)18(14-8-9-16(23)15(21)11-14)28-20(27)22-19(26)13-5-3-2-4-6-13/h2-12,18,23H,1H3,(H,24,25)(H,22,26,27)/b10-7+/t12-,18-/m0/s1. The van der Waals surface area contributed by atoms with Gasteiger partial charge in [-0.3, -0.25) is 10.1 Å². The Labute approximate surface area is 160 Å². The molecular weight excluding hydrogens is 369 g/mol. The zero-order valence-corrected chi connectivity index (χ0v) is 14.8. The first kappa shape index (κ1) is 20.6. The summed E-state index contributed by atoms with van der Waals surface area (Å²) < 4.78 is 19.0. The molecular formula is C20H18FNO6. The minimum absolute atomic E-state index is 0.181. The van der Waals surface area contributed by atoms with Crippen LogP contribution in [0.3, 0.4) is 0 Å². The highest BCUT2D eigenvalue weighted by molar-refractivity contribution is 6.02. The normalized spacial score (nSPS) is 12.9. The summed E-state index contributed by atoms with van der Waals surface area (Å²) in [4.78, 5) is 35.0. The van der Waals surface area contributed by atoms with Crippen molar-refractivity contribution in [2.45, 2.75) is 13.0 Å². The number of benzene rings is 2. The van der Waals surface area contributed by atoms with E-state index in [0.29, 0.717) is 0 Å². The second-order valence-corrected chi connectivity index (χ2v) is 5.91. The maximum absolute atomic E-state index is 13.7. The fourth-order valence-electron chi connectivity index (χ4n) is 2.41. The number of aromatic hydroxyl groups is 1. The van der Waals surface area contributed by atoms with Crippen LogP contribution >= 0.6 is 0 Å². The van der Waals surface area contributed by atoms with Crippen molar-refractivity contribution in [3.8, 4) is 5.75 Å². The predicted octanol–water partition coefficient (Wildman–Crippen LogP) is 3.42. The molecule has 0 aliphatic heterocycles. The van der Waals surface area contributed by atoms with Crippen molar-refractivity contribution in [2.75, 3.05) is 0 Å². The lowest BCUT2D eigenvalue weighted by Crippen LogP contribution is -2.33. The van der Waals surface area contributed by atoms with Crippen molar-refractivity contribution >= 4 is 18.0 Å². The number of carbonyl (C=O) groups is 3. The van der Waals surface area contributed by atoms with Gasteiger partial charge in [0.05, 0.1) is 0 Å². The summed E-state index contributed by atoms with van der Waals surface area (Å²) in [5.74, 6) is -4.07. The van der Waals surface area contributed by atoms with Gasteiger partial charge in [-0.25, -0.2) is 14.0 Å². The van der Waals surface area contributed by atoms with Crippen molar-refractivity contribution in [3.05, 3.63) is 77.6 Å². The molecule has 0 aliphatic carbocycles. The zero-order valence-electron chi connectivity index (χ0n) is 14.8. The number of aliphatic carboxylic acids is 1. The molecule has 2 aromatic rings. The molecule has 0 spiro atoms. The molecule has 3 N–H and O–H groups in total. The van der Waals surface area contributed by atoms with Crippen LogP contribution in [0.5, 0.6) is 5.75 Å². The first-order chi connectivity index (χ1) is 13.3. The van der Waals surface area contributed by atoms with Crippen LogP contribution in [-0.4, -0.2) is 28.2 Å². The third kappa shape index (κ3) is 5.66. The number of phenolic OH excluding ortho intramolecular Hbond substituents is 1. The van der Waals surface area contributed by atoms with E-state index in [1.165, 1.54) is 24.3 Å². The van der Waals surface area contributed by atoms with E-state index in [0.717, 1.165) is 18.2 Å². The molecule has 0 fully saturated rings. The fraction of sp³-hybridized carbons (Fsp3) is 0.150. The molecule has 2 amide bonds. The number of carboxylic acid groups (broad SMARTS) is 1. The van der Waals surface area contributed by atoms with Gasteiger partial charge in [0.25, 0.3) is 5.91 Å². The van der Waals surface area contributed by atoms with Gasteiger partial charge < -0.3 is 14.9 Å². The Bertz CT molecular complexity index is 897. The van der Waals surface area contributed by atoms with Crippen LogP contribution in [0.1, 0.15) is 28.9 Å². The van der Waals surface area contributed by atoms with E-state index in [-0.39, 0.29) is 11.1 Å². The molecule has 2 aromatic carbocycles. The van der Waals surface area contributed by atoms with E-state index in [9.17, 15) is 23.9 Å². The number of ether oxygens (including phenoxy) is 1. The largest absolute Gasteiger partial charge is 0.505 e. The number of amides is 2. The molecule has 0 heterocycles. The third-order valence-electron chi connectivity index (χ3n) is 3.81. The number of hydrogen-bond donors (Lipinski definition) is 3. The van der Waals surface area contributed by atoms with Gasteiger partial charge in [0.15, 0.2) is 11.6 Å². The number of halogens is 1. The van der Waals surface area contributed by atoms with E-state index < -0.39 is 41.6 Å². The first-order valence-electron chi connectivity index (χ1n) is 8.24. The van der Waals surface area contributed by atoms with Crippen LogP contribution in [0.2, 0.25) is 0 Å². The molecule has 0 aromatic heterocycles. The maximum atomic E-state index is 13.7. The number of carbonyl (C=O) groups excluding carboxylic acids is 2. The lowest BCUT2D eigenvalue weighted by atomic mass is 9.96. The molecule has 7 nitrogen and oxygen atoms in total. The van der Waals surface area contributed by atoms with Crippen molar-refractivity contribution in [2.24, 2.45) is 5.92 Å². The molecule has 8 heteroatoms. The lowest BCUT2D eigenvalue weighted by Gasteiger charge is -2.22. The van der Waals surface area contributed by atoms with Gasteiger partial charge in [-0.05, 0) is 29.8 Å². The Morgan fingerprint density at radius 2 is 1.82 bits per heavy atom. The highest BCUT2D eigenvalue weighted by atomic mass is 19.1. The lowest BCUT2D eigenvalue weighted by molar-refractivity contribution is -0.131. The Balaban J connectivity index is 2.20. The van der Waals surface area contributed by atoms with Crippen LogP contribution in [0.4, 0.5) is 9.18 Å². The van der Waals surface area contributed by atoms with Gasteiger partial charge in [-0.2, -0.15) is 0 Å². The monoisotopic (exact) mass is 387 g/mol. The quantitative estimate of drug-likeness (QED) is 0.655. The summed E-state index contributed by atoms with van der Waals surface area (Å²) in [5, 5.41) is 20.2. The first-order valence-corrected chi connectivity index (χ1v) is 8.24. The average molecular weight is 387 g/mol. The van der Waals surface area contributed by atoms with E-state index in [1.54, 1.807) is 25.1 Å². The number of carboxylic acids is 1. The van der Waals surface area contributed by atoms with Crippen molar-refractivity contribution in [3.63, 3.8) is 0 Å². The summed E-state index contributed by atoms with van der Waals surface area (Å²) in [7, 11) is 0. The number of phenols is 1. The van der Waals surface area contributed by atoms with Crippen molar-refractivity contribution < 1.29 is 33.7 Å². The summed E-state index contributed by atoms with van der Waals surface area (Å²) in [6, 6.07) is 11.4. The fourth-order valence-corrected chi connectivity index (χ4v) is 2.41. The van der Waals surface area contributed by atoms with E-state index >= 15 is 0 Å². The van der Waals surface area contributed by atoms with Crippen LogP contribution in [0.15, 0.2) is 60.7 Å². The highest BCUT2D eigenvalue weighted by Gasteiger charge is 2.24. The van der Waals surface area contributed by atoms with Crippen LogP contribution in [0, 0.1) is 11.7 Å². The second kappa shape index (κ2) is 9.31. The Kier molecular flexibility index (Phi) is 6.86. The van der Waals surface area contributed by atoms with Crippen molar-refractivity contribution in [1.29, 1.82) is 0 Å². The summed E-state index contributed by atoms with van der Waals surface area (Å²) in [6.07, 6.45) is -0.0494. The van der Waals surface area contributed by atoms with Gasteiger partial charge >= 0.3 is 12.1 Å². The topological polar surface area (TPSA) is 113 Å². The molecule has 0 radical (unpaired) electrons. The Morgan fingerprint density at radius 3 is 2.43 bits per heavy atom. The molecule has 0 saturated carbocycles. The van der Waals surface area contributed by atoms with E-state index in [1.807, 2.05) is 0 Å². The summed E-state index contributed by atoms with van der Waals surface area (Å²) >= 11 is 0. The zero-order chi connectivity index (χ0) is 20.7. The predicted molar refractivity (Wildman–Crippen MR) is 97.1 cm³/mol. The van der Waals surface area contributed by atoms with E-state index in [2.05, 4.69) is 5.32 Å². The van der Waals surface area contributed by atoms with Gasteiger partial charge in [-0.15, -0.1) is 0 Å². The number of imide groups is 1. The Hall–Kier alpha value is -3.68. The smallest absolute Gasteiger partial charge is 0.414 e. The molecule has 146 valence electrons. The molecule has 2 atom stereocenters. The van der Waals surface area contributed by atoms with Gasteiger partial charge in [0.2, 0.25) is 0 Å². The number of nitrogens with one attached hydrogen (secondary N) is 1. The SMILES string of the molecule is C[C@@H](/C=C/C(=O)O)[C@H](OC(=O)NC(=O)c1ccccc1)c1ccc(O)c(F)c1. The van der Waals surface area contributed by atoms with Crippen LogP contribution in [0.25, 0.3) is 0 Å². The van der Waals surface area contributed by atoms with Gasteiger partial charge in [0, 0.05) is 17.6 Å².